The molecule has 4 rings (SSSR count). The monoisotopic (exact) mass is 471 g/mol. The number of ether oxygens (including phenoxy) is 1. The molecule has 2 amide bonds. The summed E-state index contributed by atoms with van der Waals surface area (Å²) in [4.78, 5) is 30.3. The summed E-state index contributed by atoms with van der Waals surface area (Å²) in [5.74, 6) is 0.771. The zero-order valence-corrected chi connectivity index (χ0v) is 20.2. The van der Waals surface area contributed by atoms with Crippen molar-refractivity contribution in [3.8, 4) is 5.75 Å². The van der Waals surface area contributed by atoms with Gasteiger partial charge in [-0.3, -0.25) is 14.5 Å². The van der Waals surface area contributed by atoms with Gasteiger partial charge in [-0.15, -0.1) is 0 Å². The number of methoxy groups -OCH3 is 1. The molecular formula is C29H33N3O3. The lowest BCUT2D eigenvalue weighted by Gasteiger charge is -2.35. The molecule has 1 saturated heterocycles. The van der Waals surface area contributed by atoms with Crippen LogP contribution in [0.2, 0.25) is 0 Å². The van der Waals surface area contributed by atoms with E-state index >= 15 is 0 Å². The topological polar surface area (TPSA) is 61.9 Å². The van der Waals surface area contributed by atoms with E-state index in [1.165, 1.54) is 5.56 Å². The van der Waals surface area contributed by atoms with E-state index in [0.717, 1.165) is 37.4 Å². The lowest BCUT2D eigenvalue weighted by molar-refractivity contribution is -0.133. The number of amides is 2. The summed E-state index contributed by atoms with van der Waals surface area (Å²) in [6.07, 6.45) is 1.22. The summed E-state index contributed by atoms with van der Waals surface area (Å²) >= 11 is 0. The number of benzene rings is 3. The summed E-state index contributed by atoms with van der Waals surface area (Å²) in [5.41, 5.74) is 2.80. The Balaban J connectivity index is 1.30. The molecule has 1 heterocycles. The van der Waals surface area contributed by atoms with Crippen molar-refractivity contribution >= 4 is 11.8 Å². The van der Waals surface area contributed by atoms with Crippen molar-refractivity contribution in [3.05, 3.63) is 102 Å². The maximum absolute atomic E-state index is 13.2. The first kappa shape index (κ1) is 24.5. The van der Waals surface area contributed by atoms with Gasteiger partial charge in [0.15, 0.2) is 0 Å². The van der Waals surface area contributed by atoms with Crippen LogP contribution in [0.5, 0.6) is 5.75 Å². The smallest absolute Gasteiger partial charge is 0.251 e. The van der Waals surface area contributed by atoms with Crippen LogP contribution in [0.1, 0.15) is 33.9 Å². The zero-order chi connectivity index (χ0) is 24.5. The number of piperazine rings is 1. The number of carbonyl (C=O) groups is 2. The van der Waals surface area contributed by atoms with E-state index in [2.05, 4.69) is 22.3 Å². The van der Waals surface area contributed by atoms with Crippen molar-refractivity contribution in [1.82, 2.24) is 15.1 Å². The summed E-state index contributed by atoms with van der Waals surface area (Å²) < 4.78 is 5.23. The first-order valence-electron chi connectivity index (χ1n) is 12.2. The van der Waals surface area contributed by atoms with E-state index in [1.807, 2.05) is 65.6 Å². The lowest BCUT2D eigenvalue weighted by atomic mass is 10.0. The number of nitrogens with zero attached hydrogens (tertiary/aromatic N) is 2. The molecule has 6 heteroatoms. The number of carbonyl (C=O) groups excluding carboxylic acids is 2. The molecule has 1 N–H and O–H groups in total. The molecule has 0 aromatic heterocycles. The first-order valence-corrected chi connectivity index (χ1v) is 12.2. The van der Waals surface area contributed by atoms with Gasteiger partial charge in [0.05, 0.1) is 19.6 Å². The maximum atomic E-state index is 13.2. The Labute approximate surface area is 207 Å². The molecule has 0 saturated carbocycles. The minimum absolute atomic E-state index is 0.0713. The van der Waals surface area contributed by atoms with Crippen LogP contribution in [-0.2, 0) is 11.2 Å². The molecular weight excluding hydrogens is 438 g/mol. The molecule has 0 aliphatic carbocycles. The molecule has 1 atom stereocenters. The minimum Gasteiger partial charge on any atom is -0.497 e. The van der Waals surface area contributed by atoms with Gasteiger partial charge in [-0.1, -0.05) is 60.7 Å². The van der Waals surface area contributed by atoms with Crippen molar-refractivity contribution in [2.24, 2.45) is 0 Å². The van der Waals surface area contributed by atoms with Crippen LogP contribution >= 0.6 is 0 Å². The van der Waals surface area contributed by atoms with Crippen LogP contribution in [0.3, 0.4) is 0 Å². The van der Waals surface area contributed by atoms with E-state index in [9.17, 15) is 9.59 Å². The van der Waals surface area contributed by atoms with Crippen molar-refractivity contribution < 1.29 is 14.3 Å². The molecule has 1 fully saturated rings. The number of rotatable bonds is 9. The van der Waals surface area contributed by atoms with Crippen LogP contribution in [-0.4, -0.2) is 61.4 Å². The summed E-state index contributed by atoms with van der Waals surface area (Å²) in [6, 6.07) is 26.7. The van der Waals surface area contributed by atoms with Crippen LogP contribution in [0.25, 0.3) is 0 Å². The zero-order valence-electron chi connectivity index (χ0n) is 20.2. The van der Waals surface area contributed by atoms with Crippen LogP contribution in [0.4, 0.5) is 0 Å². The third-order valence-corrected chi connectivity index (χ3v) is 6.52. The van der Waals surface area contributed by atoms with Gasteiger partial charge < -0.3 is 15.0 Å². The Morgan fingerprint density at radius 1 is 0.857 bits per heavy atom. The second-order valence-electron chi connectivity index (χ2n) is 8.83. The third-order valence-electron chi connectivity index (χ3n) is 6.52. The standard InChI is InChI=1S/C29H33N3O3/c1-35-26-14-12-23(13-15-26)16-17-31-18-20-32(21-19-31)28(33)22-27(24-8-4-2-5-9-24)30-29(34)25-10-6-3-7-11-25/h2-15,27H,16-22H2,1H3,(H,30,34). The lowest BCUT2D eigenvalue weighted by Crippen LogP contribution is -2.49. The van der Waals surface area contributed by atoms with E-state index in [0.29, 0.717) is 18.7 Å². The second-order valence-corrected chi connectivity index (χ2v) is 8.83. The average Bonchev–Trinajstić information content (AvgIpc) is 2.93. The quantitative estimate of drug-likeness (QED) is 0.514. The van der Waals surface area contributed by atoms with Crippen molar-refractivity contribution in [2.45, 2.75) is 18.9 Å². The highest BCUT2D eigenvalue weighted by Crippen LogP contribution is 2.20. The van der Waals surface area contributed by atoms with E-state index in [-0.39, 0.29) is 24.3 Å². The Bertz CT molecular complexity index is 1080. The minimum atomic E-state index is -0.371. The predicted molar refractivity (Wildman–Crippen MR) is 137 cm³/mol. The van der Waals surface area contributed by atoms with Gasteiger partial charge in [0, 0.05) is 38.3 Å². The molecule has 3 aromatic carbocycles. The Morgan fingerprint density at radius 3 is 2.11 bits per heavy atom. The molecule has 182 valence electrons. The largest absolute Gasteiger partial charge is 0.497 e. The number of hydrogen-bond donors (Lipinski definition) is 1. The van der Waals surface area contributed by atoms with Crippen LogP contribution < -0.4 is 10.1 Å². The van der Waals surface area contributed by atoms with E-state index in [1.54, 1.807) is 19.2 Å². The molecule has 3 aromatic rings. The summed E-state index contributed by atoms with van der Waals surface area (Å²) in [5, 5.41) is 3.07. The van der Waals surface area contributed by atoms with Gasteiger partial charge in [-0.05, 0) is 41.8 Å². The molecule has 0 radical (unpaired) electrons. The highest BCUT2D eigenvalue weighted by atomic mass is 16.5. The summed E-state index contributed by atoms with van der Waals surface area (Å²) in [6.45, 7) is 4.09. The molecule has 1 unspecified atom stereocenters. The first-order chi connectivity index (χ1) is 17.1. The van der Waals surface area contributed by atoms with Crippen LogP contribution in [0, 0.1) is 0 Å². The highest BCUT2D eigenvalue weighted by Gasteiger charge is 2.25. The fraction of sp³-hybridized carbons (Fsp3) is 0.310. The molecule has 1 aliphatic rings. The van der Waals surface area contributed by atoms with Crippen molar-refractivity contribution in [1.29, 1.82) is 0 Å². The molecule has 35 heavy (non-hydrogen) atoms. The Hall–Kier alpha value is -3.64. The second kappa shape index (κ2) is 12.2. The molecule has 6 nitrogen and oxygen atoms in total. The van der Waals surface area contributed by atoms with Gasteiger partial charge in [-0.25, -0.2) is 0 Å². The van der Waals surface area contributed by atoms with Crippen molar-refractivity contribution in [3.63, 3.8) is 0 Å². The van der Waals surface area contributed by atoms with E-state index in [4.69, 9.17) is 4.74 Å². The normalized spacial score (nSPS) is 14.8. The molecule has 0 bridgehead atoms. The van der Waals surface area contributed by atoms with Gasteiger partial charge >= 0.3 is 0 Å². The van der Waals surface area contributed by atoms with Crippen molar-refractivity contribution in [2.75, 3.05) is 39.8 Å². The summed E-state index contributed by atoms with van der Waals surface area (Å²) in [7, 11) is 1.68. The average molecular weight is 472 g/mol. The fourth-order valence-electron chi connectivity index (χ4n) is 4.37. The van der Waals surface area contributed by atoms with Crippen LogP contribution in [0.15, 0.2) is 84.9 Å². The fourth-order valence-corrected chi connectivity index (χ4v) is 4.37. The Kier molecular flexibility index (Phi) is 8.52. The van der Waals surface area contributed by atoms with Gasteiger partial charge in [-0.2, -0.15) is 0 Å². The van der Waals surface area contributed by atoms with E-state index < -0.39 is 0 Å². The molecule has 1 aliphatic heterocycles. The highest BCUT2D eigenvalue weighted by molar-refractivity contribution is 5.94. The third kappa shape index (κ3) is 6.93. The molecule has 0 spiro atoms. The van der Waals surface area contributed by atoms with Gasteiger partial charge in [0.1, 0.15) is 5.75 Å². The Morgan fingerprint density at radius 2 is 1.49 bits per heavy atom. The van der Waals surface area contributed by atoms with Gasteiger partial charge in [0.2, 0.25) is 5.91 Å². The number of nitrogens with one attached hydrogen (secondary N) is 1. The predicted octanol–water partition coefficient (Wildman–Crippen LogP) is 3.94. The SMILES string of the molecule is COc1ccc(CCN2CCN(C(=O)CC(NC(=O)c3ccccc3)c3ccccc3)CC2)cc1. The van der Waals surface area contributed by atoms with Gasteiger partial charge in [0.25, 0.3) is 5.91 Å². The number of hydrogen-bond acceptors (Lipinski definition) is 4. The maximum Gasteiger partial charge on any atom is 0.251 e.